The number of aliphatic carboxylic acids is 1. The fourth-order valence-corrected chi connectivity index (χ4v) is 2.96. The van der Waals surface area contributed by atoms with E-state index in [4.69, 9.17) is 0 Å². The highest BCUT2D eigenvalue weighted by atomic mass is 32.1. The van der Waals surface area contributed by atoms with Gasteiger partial charge in [-0.15, -0.1) is 11.3 Å². The summed E-state index contributed by atoms with van der Waals surface area (Å²) >= 11 is 1.45. The molecule has 0 radical (unpaired) electrons. The van der Waals surface area contributed by atoms with Gasteiger partial charge in [0, 0.05) is 11.4 Å². The second kappa shape index (κ2) is 6.26. The van der Waals surface area contributed by atoms with Crippen LogP contribution < -0.4 is 5.32 Å². The molecule has 0 spiro atoms. The Morgan fingerprint density at radius 1 is 1.38 bits per heavy atom. The molecule has 4 nitrogen and oxygen atoms in total. The van der Waals surface area contributed by atoms with E-state index in [2.05, 4.69) is 29.4 Å². The molecule has 0 aliphatic heterocycles. The van der Waals surface area contributed by atoms with E-state index in [1.54, 1.807) is 13.8 Å². The van der Waals surface area contributed by atoms with Crippen molar-refractivity contribution < 1.29 is 9.90 Å². The molecule has 2 rings (SSSR count). The second-order valence-electron chi connectivity index (χ2n) is 5.70. The topological polar surface area (TPSA) is 62.2 Å². The Bertz CT molecular complexity index is 608. The van der Waals surface area contributed by atoms with Crippen molar-refractivity contribution in [1.82, 2.24) is 4.98 Å². The van der Waals surface area contributed by atoms with Gasteiger partial charge < -0.3 is 10.4 Å². The predicted molar refractivity (Wildman–Crippen MR) is 86.0 cm³/mol. The zero-order chi connectivity index (χ0) is 15.5. The Hall–Kier alpha value is -1.88. The minimum absolute atomic E-state index is 0.236. The number of hydrogen-bond acceptors (Lipinski definition) is 4. The molecular weight excluding hydrogens is 284 g/mol. The number of rotatable bonds is 6. The van der Waals surface area contributed by atoms with Crippen molar-refractivity contribution in [1.29, 1.82) is 0 Å². The molecule has 112 valence electrons. The average molecular weight is 304 g/mol. The molecule has 1 heterocycles. The average Bonchev–Trinajstić information content (AvgIpc) is 2.88. The van der Waals surface area contributed by atoms with Gasteiger partial charge in [0.25, 0.3) is 0 Å². The van der Waals surface area contributed by atoms with Crippen LogP contribution in [-0.2, 0) is 16.6 Å². The summed E-state index contributed by atoms with van der Waals surface area (Å²) in [7, 11) is 0. The number of benzene rings is 1. The van der Waals surface area contributed by atoms with Crippen LogP contribution >= 0.6 is 11.3 Å². The van der Waals surface area contributed by atoms with Crippen LogP contribution in [0.3, 0.4) is 0 Å². The summed E-state index contributed by atoms with van der Waals surface area (Å²) in [4.78, 5) is 15.6. The van der Waals surface area contributed by atoms with E-state index in [0.29, 0.717) is 5.69 Å². The van der Waals surface area contributed by atoms with E-state index in [0.717, 1.165) is 11.6 Å². The lowest BCUT2D eigenvalue weighted by Crippen LogP contribution is -2.29. The highest BCUT2D eigenvalue weighted by molar-refractivity contribution is 7.13. The molecule has 0 fully saturated rings. The standard InChI is InChI=1S/C16H20N2O2S/c1-11(9-12-7-5-4-6-8-12)17-15-18-13(10-21-15)16(2,3)14(19)20/h4-8,10-11H,9H2,1-3H3,(H,17,18)(H,19,20). The van der Waals surface area contributed by atoms with Crippen LogP contribution in [-0.4, -0.2) is 22.1 Å². The molecule has 0 aliphatic carbocycles. The summed E-state index contributed by atoms with van der Waals surface area (Å²) in [6.07, 6.45) is 0.901. The second-order valence-corrected chi connectivity index (χ2v) is 6.56. The minimum atomic E-state index is -0.959. The van der Waals surface area contributed by atoms with Crippen molar-refractivity contribution in [2.45, 2.75) is 38.6 Å². The largest absolute Gasteiger partial charge is 0.481 e. The summed E-state index contributed by atoms with van der Waals surface area (Å²) < 4.78 is 0. The van der Waals surface area contributed by atoms with Gasteiger partial charge in [0.1, 0.15) is 5.41 Å². The van der Waals surface area contributed by atoms with Gasteiger partial charge >= 0.3 is 5.97 Å². The number of carbonyl (C=O) groups is 1. The third-order valence-corrected chi connectivity index (χ3v) is 4.21. The number of hydrogen-bond donors (Lipinski definition) is 2. The molecule has 2 aromatic rings. The summed E-state index contributed by atoms with van der Waals surface area (Å²) in [6.45, 7) is 5.43. The Morgan fingerprint density at radius 2 is 2.05 bits per heavy atom. The van der Waals surface area contributed by atoms with E-state index in [-0.39, 0.29) is 6.04 Å². The van der Waals surface area contributed by atoms with Crippen molar-refractivity contribution in [3.05, 3.63) is 47.0 Å². The molecule has 1 aromatic carbocycles. The van der Waals surface area contributed by atoms with Crippen LogP contribution in [0.25, 0.3) is 0 Å². The predicted octanol–water partition coefficient (Wildman–Crippen LogP) is 3.55. The van der Waals surface area contributed by atoms with Gasteiger partial charge in [0.05, 0.1) is 5.69 Å². The molecule has 21 heavy (non-hydrogen) atoms. The van der Waals surface area contributed by atoms with Gasteiger partial charge in [0.15, 0.2) is 5.13 Å². The molecule has 5 heteroatoms. The van der Waals surface area contributed by atoms with Crippen molar-refractivity contribution in [2.75, 3.05) is 5.32 Å². The van der Waals surface area contributed by atoms with Gasteiger partial charge in [-0.3, -0.25) is 4.79 Å². The number of carboxylic acids is 1. The maximum Gasteiger partial charge on any atom is 0.315 e. The molecule has 1 aromatic heterocycles. The first-order valence-electron chi connectivity index (χ1n) is 6.89. The van der Waals surface area contributed by atoms with Crippen LogP contribution in [0.15, 0.2) is 35.7 Å². The van der Waals surface area contributed by atoms with Crippen LogP contribution in [0.1, 0.15) is 32.0 Å². The Morgan fingerprint density at radius 3 is 2.67 bits per heavy atom. The SMILES string of the molecule is CC(Cc1ccccc1)Nc1nc(C(C)(C)C(=O)O)cs1. The molecule has 0 saturated carbocycles. The van der Waals surface area contributed by atoms with Crippen molar-refractivity contribution in [2.24, 2.45) is 0 Å². The summed E-state index contributed by atoms with van der Waals surface area (Å²) in [5.41, 5.74) is 0.897. The van der Waals surface area contributed by atoms with Crippen molar-refractivity contribution in [3.63, 3.8) is 0 Å². The number of anilines is 1. The summed E-state index contributed by atoms with van der Waals surface area (Å²) in [6, 6.07) is 10.5. The number of nitrogens with zero attached hydrogens (tertiary/aromatic N) is 1. The number of aromatic nitrogens is 1. The fraction of sp³-hybridized carbons (Fsp3) is 0.375. The zero-order valence-electron chi connectivity index (χ0n) is 12.5. The van der Waals surface area contributed by atoms with Gasteiger partial charge in [-0.05, 0) is 32.8 Å². The third kappa shape index (κ3) is 3.82. The maximum atomic E-state index is 11.2. The van der Waals surface area contributed by atoms with Crippen molar-refractivity contribution in [3.8, 4) is 0 Å². The number of carboxylic acid groups (broad SMARTS) is 1. The minimum Gasteiger partial charge on any atom is -0.481 e. The van der Waals surface area contributed by atoms with Gasteiger partial charge in [-0.2, -0.15) is 0 Å². The molecule has 2 N–H and O–H groups in total. The summed E-state index contributed by atoms with van der Waals surface area (Å²) in [5.74, 6) is -0.864. The van der Waals surface area contributed by atoms with Crippen molar-refractivity contribution >= 4 is 22.4 Å². The Kier molecular flexibility index (Phi) is 4.63. The van der Waals surface area contributed by atoms with Crippen LogP contribution in [0.2, 0.25) is 0 Å². The van der Waals surface area contributed by atoms with Gasteiger partial charge in [0.2, 0.25) is 0 Å². The lowest BCUT2D eigenvalue weighted by atomic mass is 9.90. The molecule has 0 saturated heterocycles. The monoisotopic (exact) mass is 304 g/mol. The van der Waals surface area contributed by atoms with E-state index in [1.807, 2.05) is 23.6 Å². The van der Waals surface area contributed by atoms with Crippen LogP contribution in [0.5, 0.6) is 0 Å². The van der Waals surface area contributed by atoms with Crippen LogP contribution in [0.4, 0.5) is 5.13 Å². The van der Waals surface area contributed by atoms with E-state index in [9.17, 15) is 9.90 Å². The first-order valence-corrected chi connectivity index (χ1v) is 7.77. The lowest BCUT2D eigenvalue weighted by molar-refractivity contribution is -0.142. The molecule has 0 aliphatic rings. The number of thiazole rings is 1. The highest BCUT2D eigenvalue weighted by Crippen LogP contribution is 2.27. The quantitative estimate of drug-likeness (QED) is 0.856. The third-order valence-electron chi connectivity index (χ3n) is 3.43. The lowest BCUT2D eigenvalue weighted by Gasteiger charge is -2.16. The van der Waals surface area contributed by atoms with E-state index >= 15 is 0 Å². The Labute approximate surface area is 128 Å². The molecule has 0 bridgehead atoms. The fourth-order valence-electron chi connectivity index (χ4n) is 1.97. The maximum absolute atomic E-state index is 11.2. The molecular formula is C16H20N2O2S. The molecule has 1 unspecified atom stereocenters. The first-order chi connectivity index (χ1) is 9.89. The highest BCUT2D eigenvalue weighted by Gasteiger charge is 2.32. The Balaban J connectivity index is 2.01. The van der Waals surface area contributed by atoms with Gasteiger partial charge in [-0.1, -0.05) is 30.3 Å². The molecule has 0 amide bonds. The van der Waals surface area contributed by atoms with Crippen LogP contribution in [0, 0.1) is 0 Å². The normalized spacial score (nSPS) is 12.9. The van der Waals surface area contributed by atoms with E-state index in [1.165, 1.54) is 16.9 Å². The van der Waals surface area contributed by atoms with E-state index < -0.39 is 11.4 Å². The molecule has 1 atom stereocenters. The summed E-state index contributed by atoms with van der Waals surface area (Å²) in [5, 5.41) is 15.1. The smallest absolute Gasteiger partial charge is 0.315 e. The first kappa shape index (κ1) is 15.5. The van der Waals surface area contributed by atoms with Gasteiger partial charge in [-0.25, -0.2) is 4.98 Å². The number of nitrogens with one attached hydrogen (secondary N) is 1. The zero-order valence-corrected chi connectivity index (χ0v) is 13.3.